The molecule has 0 aliphatic heterocycles. The van der Waals surface area contributed by atoms with Crippen LogP contribution in [0, 0.1) is 5.82 Å². The molecule has 0 spiro atoms. The molecular formula is C18H22FNO2. The second-order valence-corrected chi connectivity index (χ2v) is 5.11. The van der Waals surface area contributed by atoms with E-state index >= 15 is 0 Å². The van der Waals surface area contributed by atoms with Crippen molar-refractivity contribution < 1.29 is 13.9 Å². The molecule has 1 unspecified atom stereocenters. The summed E-state index contributed by atoms with van der Waals surface area (Å²) in [4.78, 5) is 0. The largest absolute Gasteiger partial charge is 0.491 e. The first-order chi connectivity index (χ1) is 10.7. The predicted molar refractivity (Wildman–Crippen MR) is 85.5 cm³/mol. The Kier molecular flexibility index (Phi) is 6.37. The minimum absolute atomic E-state index is 0.129. The van der Waals surface area contributed by atoms with Crippen molar-refractivity contribution in [2.24, 2.45) is 0 Å². The molecule has 1 N–H and O–H groups in total. The Balaban J connectivity index is 1.96. The van der Waals surface area contributed by atoms with Crippen LogP contribution in [0.5, 0.6) is 5.75 Å². The van der Waals surface area contributed by atoms with Crippen molar-refractivity contribution in [1.29, 1.82) is 0 Å². The summed E-state index contributed by atoms with van der Waals surface area (Å²) < 4.78 is 23.7. The molecule has 2 rings (SSSR count). The molecule has 1 atom stereocenters. The quantitative estimate of drug-likeness (QED) is 0.754. The van der Waals surface area contributed by atoms with Gasteiger partial charge in [0.1, 0.15) is 18.2 Å². The van der Waals surface area contributed by atoms with Crippen LogP contribution in [0.3, 0.4) is 0 Å². The molecule has 3 nitrogen and oxygen atoms in total. The van der Waals surface area contributed by atoms with Gasteiger partial charge >= 0.3 is 0 Å². The lowest BCUT2D eigenvalue weighted by molar-refractivity contribution is 0.145. The molecule has 0 saturated heterocycles. The van der Waals surface area contributed by atoms with E-state index in [2.05, 4.69) is 12.2 Å². The first-order valence-electron chi connectivity index (χ1n) is 7.39. The number of para-hydroxylation sites is 1. The smallest absolute Gasteiger partial charge is 0.124 e. The summed E-state index contributed by atoms with van der Waals surface area (Å²) in [6.07, 6.45) is 0. The van der Waals surface area contributed by atoms with Crippen LogP contribution < -0.4 is 10.1 Å². The summed E-state index contributed by atoms with van der Waals surface area (Å²) in [6.45, 7) is 3.85. The summed E-state index contributed by atoms with van der Waals surface area (Å²) in [5.41, 5.74) is 2.15. The Bertz CT molecular complexity index is 572. The third-order valence-corrected chi connectivity index (χ3v) is 3.46. The molecule has 0 fully saturated rings. The fraction of sp³-hybridized carbons (Fsp3) is 0.333. The number of methoxy groups -OCH3 is 1. The highest BCUT2D eigenvalue weighted by Gasteiger charge is 2.10. The Morgan fingerprint density at radius 3 is 2.50 bits per heavy atom. The molecule has 0 heterocycles. The fourth-order valence-corrected chi connectivity index (χ4v) is 2.19. The van der Waals surface area contributed by atoms with Crippen LogP contribution >= 0.6 is 0 Å². The van der Waals surface area contributed by atoms with Crippen molar-refractivity contribution in [2.75, 3.05) is 20.3 Å². The molecule has 0 amide bonds. The minimum atomic E-state index is -0.214. The Hall–Kier alpha value is -1.91. The second kappa shape index (κ2) is 8.51. The van der Waals surface area contributed by atoms with E-state index in [0.717, 1.165) is 16.9 Å². The number of rotatable bonds is 8. The van der Waals surface area contributed by atoms with Gasteiger partial charge in [0.15, 0.2) is 0 Å². The normalized spacial score (nSPS) is 12.1. The SMILES string of the molecule is COCCOc1ccccc1C(C)NCc1ccc(F)cc1. The van der Waals surface area contributed by atoms with E-state index < -0.39 is 0 Å². The van der Waals surface area contributed by atoms with E-state index in [-0.39, 0.29) is 11.9 Å². The van der Waals surface area contributed by atoms with E-state index in [1.807, 2.05) is 24.3 Å². The van der Waals surface area contributed by atoms with Crippen molar-refractivity contribution in [2.45, 2.75) is 19.5 Å². The molecule has 0 radical (unpaired) electrons. The second-order valence-electron chi connectivity index (χ2n) is 5.11. The number of halogens is 1. The van der Waals surface area contributed by atoms with Gasteiger partial charge in [-0.25, -0.2) is 4.39 Å². The van der Waals surface area contributed by atoms with E-state index in [0.29, 0.717) is 19.8 Å². The van der Waals surface area contributed by atoms with Gasteiger partial charge in [0.25, 0.3) is 0 Å². The molecule has 0 saturated carbocycles. The number of benzene rings is 2. The fourth-order valence-electron chi connectivity index (χ4n) is 2.19. The van der Waals surface area contributed by atoms with Gasteiger partial charge in [0.2, 0.25) is 0 Å². The van der Waals surface area contributed by atoms with E-state index in [1.54, 1.807) is 19.2 Å². The summed E-state index contributed by atoms with van der Waals surface area (Å²) in [5.74, 6) is 0.646. The van der Waals surface area contributed by atoms with E-state index in [4.69, 9.17) is 9.47 Å². The van der Waals surface area contributed by atoms with Crippen LogP contribution in [-0.4, -0.2) is 20.3 Å². The summed E-state index contributed by atoms with van der Waals surface area (Å²) in [6, 6.07) is 14.6. The molecule has 118 valence electrons. The Morgan fingerprint density at radius 2 is 1.77 bits per heavy atom. The predicted octanol–water partition coefficient (Wildman–Crippen LogP) is 3.70. The van der Waals surface area contributed by atoms with Gasteiger partial charge in [-0.05, 0) is 30.7 Å². The topological polar surface area (TPSA) is 30.5 Å². The van der Waals surface area contributed by atoms with Crippen molar-refractivity contribution in [3.05, 3.63) is 65.5 Å². The number of hydrogen-bond donors (Lipinski definition) is 1. The first kappa shape index (κ1) is 16.5. The Morgan fingerprint density at radius 1 is 1.05 bits per heavy atom. The minimum Gasteiger partial charge on any atom is -0.491 e. The third kappa shape index (κ3) is 4.83. The summed E-state index contributed by atoms with van der Waals surface area (Å²) in [7, 11) is 1.65. The summed E-state index contributed by atoms with van der Waals surface area (Å²) >= 11 is 0. The molecule has 22 heavy (non-hydrogen) atoms. The monoisotopic (exact) mass is 303 g/mol. The molecule has 4 heteroatoms. The van der Waals surface area contributed by atoms with Gasteiger partial charge in [-0.3, -0.25) is 0 Å². The third-order valence-electron chi connectivity index (χ3n) is 3.46. The van der Waals surface area contributed by atoms with Gasteiger partial charge in [-0.2, -0.15) is 0 Å². The maximum Gasteiger partial charge on any atom is 0.124 e. The molecule has 0 aromatic heterocycles. The van der Waals surface area contributed by atoms with Gasteiger partial charge < -0.3 is 14.8 Å². The maximum atomic E-state index is 12.9. The molecular weight excluding hydrogens is 281 g/mol. The highest BCUT2D eigenvalue weighted by molar-refractivity contribution is 5.35. The molecule has 0 bridgehead atoms. The van der Waals surface area contributed by atoms with Crippen molar-refractivity contribution in [3.8, 4) is 5.75 Å². The lowest BCUT2D eigenvalue weighted by Crippen LogP contribution is -2.19. The van der Waals surface area contributed by atoms with Crippen LogP contribution in [0.4, 0.5) is 4.39 Å². The van der Waals surface area contributed by atoms with Crippen LogP contribution in [0.1, 0.15) is 24.1 Å². The molecule has 0 aliphatic rings. The zero-order chi connectivity index (χ0) is 15.8. The molecule has 2 aromatic rings. The van der Waals surface area contributed by atoms with Crippen molar-refractivity contribution >= 4 is 0 Å². The zero-order valence-electron chi connectivity index (χ0n) is 13.0. The van der Waals surface area contributed by atoms with Gasteiger partial charge in [-0.15, -0.1) is 0 Å². The average molecular weight is 303 g/mol. The lowest BCUT2D eigenvalue weighted by Gasteiger charge is -2.18. The highest BCUT2D eigenvalue weighted by Crippen LogP contribution is 2.25. The Labute approximate surface area is 131 Å². The van der Waals surface area contributed by atoms with Gasteiger partial charge in [0.05, 0.1) is 6.61 Å². The lowest BCUT2D eigenvalue weighted by atomic mass is 10.1. The standard InChI is InChI=1S/C18H22FNO2/c1-14(20-13-15-7-9-16(19)10-8-15)17-5-3-4-6-18(17)22-12-11-21-2/h3-10,14,20H,11-13H2,1-2H3. The highest BCUT2D eigenvalue weighted by atomic mass is 19.1. The average Bonchev–Trinajstić information content (AvgIpc) is 2.55. The zero-order valence-corrected chi connectivity index (χ0v) is 13.0. The molecule has 0 aliphatic carbocycles. The first-order valence-corrected chi connectivity index (χ1v) is 7.39. The van der Waals surface area contributed by atoms with Gasteiger partial charge in [-0.1, -0.05) is 30.3 Å². The number of nitrogens with one attached hydrogen (secondary N) is 1. The van der Waals surface area contributed by atoms with Crippen molar-refractivity contribution in [1.82, 2.24) is 5.32 Å². The van der Waals surface area contributed by atoms with Crippen LogP contribution in [0.25, 0.3) is 0 Å². The maximum absolute atomic E-state index is 12.9. The summed E-state index contributed by atoms with van der Waals surface area (Å²) in [5, 5.41) is 3.43. The van der Waals surface area contributed by atoms with E-state index in [1.165, 1.54) is 12.1 Å². The van der Waals surface area contributed by atoms with Crippen LogP contribution in [-0.2, 0) is 11.3 Å². The number of ether oxygens (including phenoxy) is 2. The van der Waals surface area contributed by atoms with Crippen LogP contribution in [0.2, 0.25) is 0 Å². The molecule has 2 aromatic carbocycles. The number of hydrogen-bond acceptors (Lipinski definition) is 3. The van der Waals surface area contributed by atoms with Gasteiger partial charge in [0, 0.05) is 25.3 Å². The van der Waals surface area contributed by atoms with E-state index in [9.17, 15) is 4.39 Å². The van der Waals surface area contributed by atoms with Crippen molar-refractivity contribution in [3.63, 3.8) is 0 Å². The van der Waals surface area contributed by atoms with Crippen LogP contribution in [0.15, 0.2) is 48.5 Å².